The van der Waals surface area contributed by atoms with Crippen molar-refractivity contribution in [1.82, 2.24) is 24.9 Å². The number of imidazole rings is 1. The Balaban J connectivity index is 1.56. The number of aromatic nitrogens is 3. The molecular formula is C26H25N5O. The van der Waals surface area contributed by atoms with Crippen molar-refractivity contribution in [2.45, 2.75) is 18.9 Å². The van der Waals surface area contributed by atoms with Crippen LogP contribution in [0.4, 0.5) is 0 Å². The lowest BCUT2D eigenvalue weighted by molar-refractivity contribution is -0.0299. The van der Waals surface area contributed by atoms with Gasteiger partial charge in [0.15, 0.2) is 5.65 Å². The molecule has 2 aliphatic heterocycles. The van der Waals surface area contributed by atoms with Crippen molar-refractivity contribution in [3.8, 4) is 11.1 Å². The van der Waals surface area contributed by atoms with Crippen LogP contribution in [0, 0.1) is 0 Å². The first-order chi connectivity index (χ1) is 15.8. The number of pyridine rings is 1. The van der Waals surface area contributed by atoms with E-state index in [0.29, 0.717) is 12.6 Å². The number of hydrogen-bond donors (Lipinski definition) is 2. The molecule has 1 saturated heterocycles. The van der Waals surface area contributed by atoms with Crippen molar-refractivity contribution in [3.05, 3.63) is 78.9 Å². The van der Waals surface area contributed by atoms with Gasteiger partial charge in [-0.2, -0.15) is 0 Å². The number of nitrogens with zero attached hydrogens (tertiary/aromatic N) is 4. The van der Waals surface area contributed by atoms with Gasteiger partial charge in [-0.3, -0.25) is 10.3 Å². The number of hydroxylamine groups is 2. The van der Waals surface area contributed by atoms with Gasteiger partial charge in [0.05, 0.1) is 6.54 Å². The molecule has 0 amide bonds. The minimum absolute atomic E-state index is 0.344. The van der Waals surface area contributed by atoms with Gasteiger partial charge < -0.3 is 9.88 Å². The van der Waals surface area contributed by atoms with E-state index in [1.807, 2.05) is 18.3 Å². The Morgan fingerprint density at radius 2 is 1.84 bits per heavy atom. The number of benzene rings is 2. The number of rotatable bonds is 3. The van der Waals surface area contributed by atoms with Crippen LogP contribution < -0.4 is 5.32 Å². The van der Waals surface area contributed by atoms with Gasteiger partial charge >= 0.3 is 0 Å². The second-order valence-electron chi connectivity index (χ2n) is 8.48. The third-order valence-corrected chi connectivity index (χ3v) is 6.50. The zero-order chi connectivity index (χ0) is 21.5. The first kappa shape index (κ1) is 19.2. The van der Waals surface area contributed by atoms with Crippen molar-refractivity contribution in [2.24, 2.45) is 0 Å². The van der Waals surface area contributed by atoms with E-state index in [-0.39, 0.29) is 0 Å². The summed E-state index contributed by atoms with van der Waals surface area (Å²) in [7, 11) is 0. The topological polar surface area (TPSA) is 66.2 Å². The summed E-state index contributed by atoms with van der Waals surface area (Å²) in [6, 6.07) is 17.4. The molecule has 0 aliphatic carbocycles. The van der Waals surface area contributed by atoms with E-state index in [1.165, 1.54) is 15.8 Å². The minimum Gasteiger partial charge on any atom is -0.317 e. The van der Waals surface area contributed by atoms with Crippen LogP contribution in [0.25, 0.3) is 38.6 Å². The fourth-order valence-corrected chi connectivity index (χ4v) is 4.85. The molecule has 0 radical (unpaired) electrons. The number of allylic oxidation sites excluding steroid dienone is 2. The van der Waals surface area contributed by atoms with Crippen LogP contribution in [0.2, 0.25) is 0 Å². The summed E-state index contributed by atoms with van der Waals surface area (Å²) in [5.41, 5.74) is 5.12. The molecule has 6 rings (SSSR count). The molecule has 0 bridgehead atoms. The van der Waals surface area contributed by atoms with Gasteiger partial charge in [0.2, 0.25) is 0 Å². The standard InChI is InChI=1S/C26H25N5O/c32-30-15-10-19(11-16-30)25-29-24-23(21-6-5-18-3-1-2-4-20(18)17-21)9-14-28-26(24)31(25)22-7-12-27-13-8-22/h1-6,9-11,14-15,17,22,27,32H,7-8,12-13,16H2. The quantitative estimate of drug-likeness (QED) is 0.497. The molecule has 6 heteroatoms. The lowest BCUT2D eigenvalue weighted by Gasteiger charge is -2.26. The van der Waals surface area contributed by atoms with E-state index >= 15 is 0 Å². The van der Waals surface area contributed by atoms with Crippen LogP contribution in [0.1, 0.15) is 24.7 Å². The summed E-state index contributed by atoms with van der Waals surface area (Å²) in [6.07, 6.45) is 9.63. The van der Waals surface area contributed by atoms with E-state index in [0.717, 1.165) is 59.6 Å². The lowest BCUT2D eigenvalue weighted by Crippen LogP contribution is -2.30. The molecule has 32 heavy (non-hydrogen) atoms. The molecular weight excluding hydrogens is 398 g/mol. The number of piperidine rings is 1. The van der Waals surface area contributed by atoms with Gasteiger partial charge in [0, 0.05) is 29.6 Å². The van der Waals surface area contributed by atoms with Gasteiger partial charge in [0.25, 0.3) is 0 Å². The Morgan fingerprint density at radius 3 is 2.66 bits per heavy atom. The number of hydrogen-bond acceptors (Lipinski definition) is 5. The molecule has 4 aromatic rings. The zero-order valence-corrected chi connectivity index (χ0v) is 17.8. The zero-order valence-electron chi connectivity index (χ0n) is 17.8. The average molecular weight is 424 g/mol. The van der Waals surface area contributed by atoms with Crippen LogP contribution >= 0.6 is 0 Å². The SMILES string of the molecule is ON1C=CC(c2nc3c(-c4ccc5ccccc5c4)ccnc3n2C2CCNCC2)=CC1. The molecule has 2 aromatic carbocycles. The van der Waals surface area contributed by atoms with E-state index in [1.54, 1.807) is 6.20 Å². The molecule has 160 valence electrons. The molecule has 2 aromatic heterocycles. The normalized spacial score (nSPS) is 17.3. The van der Waals surface area contributed by atoms with E-state index in [9.17, 15) is 5.21 Å². The summed E-state index contributed by atoms with van der Waals surface area (Å²) in [6.45, 7) is 2.44. The van der Waals surface area contributed by atoms with Crippen LogP contribution in [-0.4, -0.2) is 44.4 Å². The Bertz CT molecular complexity index is 1360. The maximum absolute atomic E-state index is 9.77. The van der Waals surface area contributed by atoms with E-state index in [4.69, 9.17) is 9.97 Å². The Hall–Kier alpha value is -3.48. The highest BCUT2D eigenvalue weighted by atomic mass is 16.5. The number of nitrogens with one attached hydrogen (secondary N) is 1. The van der Waals surface area contributed by atoms with Crippen LogP contribution in [-0.2, 0) is 0 Å². The highest BCUT2D eigenvalue weighted by Gasteiger charge is 2.25. The summed E-state index contributed by atoms with van der Waals surface area (Å²) >= 11 is 0. The van der Waals surface area contributed by atoms with Gasteiger partial charge in [-0.25, -0.2) is 9.97 Å². The molecule has 0 unspecified atom stereocenters. The van der Waals surface area contributed by atoms with Crippen molar-refractivity contribution in [2.75, 3.05) is 19.6 Å². The van der Waals surface area contributed by atoms with Gasteiger partial charge in [-0.15, -0.1) is 0 Å². The van der Waals surface area contributed by atoms with Crippen LogP contribution in [0.5, 0.6) is 0 Å². The Labute approximate surface area is 186 Å². The highest BCUT2D eigenvalue weighted by Crippen LogP contribution is 2.35. The van der Waals surface area contributed by atoms with Crippen molar-refractivity contribution >= 4 is 27.5 Å². The van der Waals surface area contributed by atoms with Crippen LogP contribution in [0.3, 0.4) is 0 Å². The molecule has 4 heterocycles. The Kier molecular flexibility index (Phi) is 4.74. The summed E-state index contributed by atoms with van der Waals surface area (Å²) in [4.78, 5) is 9.96. The van der Waals surface area contributed by atoms with Crippen LogP contribution in [0.15, 0.2) is 73.1 Å². The smallest absolute Gasteiger partial charge is 0.161 e. The van der Waals surface area contributed by atoms with E-state index < -0.39 is 0 Å². The first-order valence-electron chi connectivity index (χ1n) is 11.2. The second-order valence-corrected chi connectivity index (χ2v) is 8.48. The lowest BCUT2D eigenvalue weighted by atomic mass is 10.0. The fraction of sp³-hybridized carbons (Fsp3) is 0.231. The van der Waals surface area contributed by atoms with Gasteiger partial charge in [-0.1, -0.05) is 42.5 Å². The monoisotopic (exact) mass is 423 g/mol. The summed E-state index contributed by atoms with van der Waals surface area (Å²) in [5, 5.41) is 16.9. The van der Waals surface area contributed by atoms with E-state index in [2.05, 4.69) is 58.4 Å². The predicted molar refractivity (Wildman–Crippen MR) is 127 cm³/mol. The summed E-state index contributed by atoms with van der Waals surface area (Å²) < 4.78 is 2.32. The fourth-order valence-electron chi connectivity index (χ4n) is 4.85. The van der Waals surface area contributed by atoms with Crippen molar-refractivity contribution in [1.29, 1.82) is 0 Å². The summed E-state index contributed by atoms with van der Waals surface area (Å²) in [5.74, 6) is 0.928. The third-order valence-electron chi connectivity index (χ3n) is 6.50. The number of fused-ring (bicyclic) bond motifs is 2. The Morgan fingerprint density at radius 1 is 1.00 bits per heavy atom. The van der Waals surface area contributed by atoms with Crippen molar-refractivity contribution < 1.29 is 5.21 Å². The molecule has 6 nitrogen and oxygen atoms in total. The highest BCUT2D eigenvalue weighted by molar-refractivity contribution is 5.95. The maximum atomic E-state index is 9.77. The first-order valence-corrected chi connectivity index (χ1v) is 11.2. The van der Waals surface area contributed by atoms with Crippen molar-refractivity contribution in [3.63, 3.8) is 0 Å². The average Bonchev–Trinajstić information content (AvgIpc) is 3.24. The van der Waals surface area contributed by atoms with Gasteiger partial charge in [-0.05, 0) is 60.5 Å². The molecule has 2 aliphatic rings. The molecule has 2 N–H and O–H groups in total. The second kappa shape index (κ2) is 7.89. The molecule has 0 atom stereocenters. The molecule has 0 spiro atoms. The molecule has 0 saturated carbocycles. The third kappa shape index (κ3) is 3.28. The largest absolute Gasteiger partial charge is 0.317 e. The maximum Gasteiger partial charge on any atom is 0.161 e. The molecule has 1 fully saturated rings. The van der Waals surface area contributed by atoms with Gasteiger partial charge in [0.1, 0.15) is 11.3 Å². The predicted octanol–water partition coefficient (Wildman–Crippen LogP) is 4.78. The minimum atomic E-state index is 0.344.